The molecule has 1 heterocycles. The molecule has 0 N–H and O–H groups in total. The highest BCUT2D eigenvalue weighted by Gasteiger charge is 2.35. The van der Waals surface area contributed by atoms with Crippen molar-refractivity contribution in [1.29, 1.82) is 5.26 Å². The van der Waals surface area contributed by atoms with Crippen LogP contribution < -0.4 is 0 Å². The van der Waals surface area contributed by atoms with Crippen LogP contribution in [0.25, 0.3) is 0 Å². The van der Waals surface area contributed by atoms with Crippen molar-refractivity contribution in [1.82, 2.24) is 10.2 Å². The average Bonchev–Trinajstić information content (AvgIpc) is 2.15. The van der Waals surface area contributed by atoms with E-state index < -0.39 is 17.4 Å². The maximum Gasteiger partial charge on any atom is 0.419 e. The average molecular weight is 219 g/mol. The van der Waals surface area contributed by atoms with Gasteiger partial charge in [-0.15, -0.1) is 22.0 Å². The number of thioether (sulfide) groups is 1. The molecule has 0 atom stereocenters. The summed E-state index contributed by atoms with van der Waals surface area (Å²) in [5.41, 5.74) is -1.74. The Morgan fingerprint density at radius 3 is 2.50 bits per heavy atom. The van der Waals surface area contributed by atoms with E-state index in [0.717, 1.165) is 17.8 Å². The van der Waals surface area contributed by atoms with Crippen LogP contribution in [0, 0.1) is 11.3 Å². The monoisotopic (exact) mass is 219 g/mol. The molecule has 0 bridgehead atoms. The van der Waals surface area contributed by atoms with Gasteiger partial charge in [-0.2, -0.15) is 18.4 Å². The summed E-state index contributed by atoms with van der Waals surface area (Å²) in [5, 5.41) is 15.1. The molecule has 0 aliphatic carbocycles. The normalized spacial score (nSPS) is 11.1. The Morgan fingerprint density at radius 1 is 1.43 bits per heavy atom. The largest absolute Gasteiger partial charge is 0.419 e. The van der Waals surface area contributed by atoms with E-state index in [1.165, 1.54) is 6.07 Å². The highest BCUT2D eigenvalue weighted by Crippen LogP contribution is 2.32. The first kappa shape index (κ1) is 10.8. The summed E-state index contributed by atoms with van der Waals surface area (Å²) < 4.78 is 37.0. The van der Waals surface area contributed by atoms with Gasteiger partial charge in [0.25, 0.3) is 0 Å². The summed E-state index contributed by atoms with van der Waals surface area (Å²) in [5.74, 6) is 0. The van der Waals surface area contributed by atoms with Gasteiger partial charge in [-0.25, -0.2) is 0 Å². The van der Waals surface area contributed by atoms with Gasteiger partial charge in [0.05, 0.1) is 5.56 Å². The smallest absolute Gasteiger partial charge is 0.191 e. The second-order valence-corrected chi connectivity index (χ2v) is 3.09. The number of aromatic nitrogens is 2. The van der Waals surface area contributed by atoms with Crippen LogP contribution in [0.15, 0.2) is 11.1 Å². The molecule has 1 aromatic heterocycles. The molecule has 0 aliphatic heterocycles. The van der Waals surface area contributed by atoms with Crippen LogP contribution in [0.1, 0.15) is 11.3 Å². The first-order valence-corrected chi connectivity index (χ1v) is 4.60. The number of nitriles is 1. The highest BCUT2D eigenvalue weighted by molar-refractivity contribution is 7.98. The minimum atomic E-state index is -4.56. The Balaban J connectivity index is 3.31. The molecule has 1 aromatic rings. The van der Waals surface area contributed by atoms with E-state index in [9.17, 15) is 13.2 Å². The molecule has 0 fully saturated rings. The summed E-state index contributed by atoms with van der Waals surface area (Å²) in [7, 11) is 0. The first-order chi connectivity index (χ1) is 6.49. The zero-order chi connectivity index (χ0) is 10.8. The number of alkyl halides is 3. The number of hydrogen-bond acceptors (Lipinski definition) is 4. The van der Waals surface area contributed by atoms with Gasteiger partial charge in [-0.05, 0) is 12.3 Å². The van der Waals surface area contributed by atoms with Gasteiger partial charge in [-0.3, -0.25) is 0 Å². The van der Waals surface area contributed by atoms with Crippen molar-refractivity contribution in [3.63, 3.8) is 0 Å². The van der Waals surface area contributed by atoms with Crippen LogP contribution in [0.3, 0.4) is 0 Å². The van der Waals surface area contributed by atoms with Crippen LogP contribution in [0.4, 0.5) is 13.2 Å². The lowest BCUT2D eigenvalue weighted by Gasteiger charge is -2.07. The molecule has 3 nitrogen and oxygen atoms in total. The molecule has 0 amide bonds. The lowest BCUT2D eigenvalue weighted by Crippen LogP contribution is -2.10. The van der Waals surface area contributed by atoms with Gasteiger partial charge < -0.3 is 0 Å². The van der Waals surface area contributed by atoms with E-state index in [0.29, 0.717) is 0 Å². The second-order valence-electron chi connectivity index (χ2n) is 2.26. The molecule has 0 radical (unpaired) electrons. The van der Waals surface area contributed by atoms with Crippen molar-refractivity contribution < 1.29 is 13.2 Å². The Labute approximate surface area is 81.9 Å². The zero-order valence-electron chi connectivity index (χ0n) is 6.96. The van der Waals surface area contributed by atoms with E-state index >= 15 is 0 Å². The summed E-state index contributed by atoms with van der Waals surface area (Å²) in [6.07, 6.45) is -2.98. The van der Waals surface area contributed by atoms with Crippen LogP contribution >= 0.6 is 11.8 Å². The maximum absolute atomic E-state index is 12.3. The van der Waals surface area contributed by atoms with Crippen LogP contribution in [0.2, 0.25) is 0 Å². The van der Waals surface area contributed by atoms with E-state index in [1.807, 2.05) is 0 Å². The fourth-order valence-corrected chi connectivity index (χ4v) is 1.13. The lowest BCUT2D eigenvalue weighted by molar-refractivity contribution is -0.138. The summed E-state index contributed by atoms with van der Waals surface area (Å²) >= 11 is 1.04. The van der Waals surface area contributed by atoms with E-state index in [-0.39, 0.29) is 5.03 Å². The SMILES string of the molecule is CSc1cc(C(F)(F)F)c(C#N)nn1. The number of halogens is 3. The van der Waals surface area contributed by atoms with Gasteiger partial charge >= 0.3 is 6.18 Å². The molecule has 0 aliphatic rings. The second kappa shape index (κ2) is 3.84. The third kappa shape index (κ3) is 2.14. The molecule has 0 saturated heterocycles. The molecule has 0 aromatic carbocycles. The summed E-state index contributed by atoms with van der Waals surface area (Å²) in [6, 6.07) is 2.17. The van der Waals surface area contributed by atoms with Crippen molar-refractivity contribution >= 4 is 11.8 Å². The predicted octanol–water partition coefficient (Wildman–Crippen LogP) is 2.09. The van der Waals surface area contributed by atoms with E-state index in [4.69, 9.17) is 5.26 Å². The Kier molecular flexibility index (Phi) is 2.96. The van der Waals surface area contributed by atoms with Crippen LogP contribution in [-0.2, 0) is 6.18 Å². The molecule has 1 rings (SSSR count). The Morgan fingerprint density at radius 2 is 2.07 bits per heavy atom. The van der Waals surface area contributed by atoms with Crippen molar-refractivity contribution in [2.24, 2.45) is 0 Å². The summed E-state index contributed by atoms with van der Waals surface area (Å²) in [6.45, 7) is 0. The fraction of sp³-hybridized carbons (Fsp3) is 0.286. The fourth-order valence-electron chi connectivity index (χ4n) is 0.772. The Bertz CT molecular complexity index is 383. The predicted molar refractivity (Wildman–Crippen MR) is 43.5 cm³/mol. The van der Waals surface area contributed by atoms with E-state index in [1.54, 1.807) is 6.26 Å². The topological polar surface area (TPSA) is 49.6 Å². The molecule has 74 valence electrons. The molecule has 7 heteroatoms. The molecule has 0 saturated carbocycles. The van der Waals surface area contributed by atoms with Crippen LogP contribution in [-0.4, -0.2) is 16.5 Å². The van der Waals surface area contributed by atoms with Gasteiger partial charge in [0.15, 0.2) is 5.69 Å². The van der Waals surface area contributed by atoms with Crippen molar-refractivity contribution in [2.45, 2.75) is 11.2 Å². The van der Waals surface area contributed by atoms with Gasteiger partial charge in [0, 0.05) is 0 Å². The molecule has 14 heavy (non-hydrogen) atoms. The standard InChI is InChI=1S/C7H4F3N3S/c1-14-6-2-4(7(8,9)10)5(3-11)12-13-6/h2H,1H3. The number of rotatable bonds is 1. The lowest BCUT2D eigenvalue weighted by atomic mass is 10.2. The van der Waals surface area contributed by atoms with Crippen molar-refractivity contribution in [2.75, 3.05) is 6.26 Å². The Hall–Kier alpha value is -1.29. The minimum Gasteiger partial charge on any atom is -0.191 e. The molecular formula is C7H4F3N3S. The highest BCUT2D eigenvalue weighted by atomic mass is 32.2. The maximum atomic E-state index is 12.3. The van der Waals surface area contributed by atoms with Crippen molar-refractivity contribution in [3.8, 4) is 6.07 Å². The number of nitrogens with zero attached hydrogens (tertiary/aromatic N) is 3. The third-order valence-electron chi connectivity index (χ3n) is 1.39. The van der Waals surface area contributed by atoms with E-state index in [2.05, 4.69) is 10.2 Å². The van der Waals surface area contributed by atoms with Crippen molar-refractivity contribution in [3.05, 3.63) is 17.3 Å². The zero-order valence-corrected chi connectivity index (χ0v) is 7.78. The minimum absolute atomic E-state index is 0.135. The molecular weight excluding hydrogens is 215 g/mol. The first-order valence-electron chi connectivity index (χ1n) is 3.38. The third-order valence-corrected chi connectivity index (χ3v) is 2.01. The molecule has 0 unspecified atom stereocenters. The molecule has 0 spiro atoms. The van der Waals surface area contributed by atoms with Gasteiger partial charge in [-0.1, -0.05) is 0 Å². The summed E-state index contributed by atoms with van der Waals surface area (Å²) in [4.78, 5) is 0. The number of hydrogen-bond donors (Lipinski definition) is 0. The van der Waals surface area contributed by atoms with Gasteiger partial charge in [0.1, 0.15) is 11.1 Å². The van der Waals surface area contributed by atoms with Crippen LogP contribution in [0.5, 0.6) is 0 Å². The quantitative estimate of drug-likeness (QED) is 0.678. The van der Waals surface area contributed by atoms with Gasteiger partial charge in [0.2, 0.25) is 0 Å².